The molecule has 0 bridgehead atoms. The summed E-state index contributed by atoms with van der Waals surface area (Å²) in [5.41, 5.74) is 2.27. The number of rotatable bonds is 4. The fraction of sp³-hybridized carbons (Fsp3) is 0.444. The van der Waals surface area contributed by atoms with Crippen molar-refractivity contribution in [3.05, 3.63) is 18.3 Å². The van der Waals surface area contributed by atoms with Crippen LogP contribution in [-0.4, -0.2) is 44.7 Å². The quantitative estimate of drug-likeness (QED) is 0.471. The van der Waals surface area contributed by atoms with E-state index in [1.54, 1.807) is 5.01 Å². The number of pyridine rings is 1. The second-order valence-electron chi connectivity index (χ2n) is 3.69. The van der Waals surface area contributed by atoms with Gasteiger partial charge in [0, 0.05) is 19.3 Å². The fourth-order valence-electron chi connectivity index (χ4n) is 1.59. The van der Waals surface area contributed by atoms with Crippen LogP contribution in [-0.2, 0) is 14.8 Å². The van der Waals surface area contributed by atoms with Crippen LogP contribution in [0, 0.1) is 0 Å². The molecule has 1 aromatic heterocycles. The molecule has 0 spiro atoms. The van der Waals surface area contributed by atoms with Crippen molar-refractivity contribution in [1.82, 2.24) is 14.8 Å². The zero-order chi connectivity index (χ0) is 13.0. The van der Waals surface area contributed by atoms with Gasteiger partial charge in [0.15, 0.2) is 5.82 Å². The molecule has 0 saturated carbocycles. The summed E-state index contributed by atoms with van der Waals surface area (Å²) in [6.07, 6.45) is 1.46. The molecule has 1 aromatic rings. The number of anilines is 1. The predicted octanol–water partition coefficient (Wildman–Crippen LogP) is -1.11. The van der Waals surface area contributed by atoms with Crippen molar-refractivity contribution in [3.63, 3.8) is 0 Å². The lowest BCUT2D eigenvalue weighted by Crippen LogP contribution is -2.48. The van der Waals surface area contributed by atoms with Crippen LogP contribution >= 0.6 is 0 Å². The molecule has 18 heavy (non-hydrogen) atoms. The van der Waals surface area contributed by atoms with E-state index in [9.17, 15) is 8.42 Å². The lowest BCUT2D eigenvalue weighted by molar-refractivity contribution is 0.0272. The van der Waals surface area contributed by atoms with Gasteiger partial charge in [-0.15, -0.1) is 4.83 Å². The molecule has 0 aromatic carbocycles. The van der Waals surface area contributed by atoms with Gasteiger partial charge in [-0.1, -0.05) is 0 Å². The number of hydrazine groups is 2. The maximum absolute atomic E-state index is 12.2. The summed E-state index contributed by atoms with van der Waals surface area (Å²) in [5.74, 6) is 5.35. The molecule has 1 fully saturated rings. The number of hydrogen-bond acceptors (Lipinski definition) is 7. The monoisotopic (exact) mass is 273 g/mol. The van der Waals surface area contributed by atoms with Gasteiger partial charge in [0.1, 0.15) is 4.90 Å². The van der Waals surface area contributed by atoms with Gasteiger partial charge in [0.25, 0.3) is 10.0 Å². The Morgan fingerprint density at radius 2 is 2.11 bits per heavy atom. The smallest absolute Gasteiger partial charge is 0.257 e. The zero-order valence-corrected chi connectivity index (χ0v) is 10.5. The molecule has 1 aliphatic rings. The third-order valence-electron chi connectivity index (χ3n) is 2.46. The number of sulfonamides is 1. The molecule has 9 heteroatoms. The molecule has 1 saturated heterocycles. The Morgan fingerprint density at radius 1 is 1.39 bits per heavy atom. The highest BCUT2D eigenvalue weighted by molar-refractivity contribution is 7.89. The highest BCUT2D eigenvalue weighted by Gasteiger charge is 2.23. The molecule has 2 heterocycles. The summed E-state index contributed by atoms with van der Waals surface area (Å²) in [6.45, 7) is 2.00. The van der Waals surface area contributed by atoms with Crippen LogP contribution in [0.5, 0.6) is 0 Å². The molecule has 0 atom stereocenters. The minimum Gasteiger partial charge on any atom is -0.379 e. The average Bonchev–Trinajstić information content (AvgIpc) is 2.39. The molecule has 0 aliphatic carbocycles. The summed E-state index contributed by atoms with van der Waals surface area (Å²) >= 11 is 0. The standard InChI is InChI=1S/C9H15N5O3S/c10-12-9-8(2-1-3-11-9)18(15,16)13-14-4-6-17-7-5-14/h1-3,13H,4-7,10H2,(H,11,12). The SMILES string of the molecule is NNc1ncccc1S(=O)(=O)NN1CCOCC1. The van der Waals surface area contributed by atoms with Gasteiger partial charge in [0.05, 0.1) is 13.2 Å². The third kappa shape index (κ3) is 2.94. The van der Waals surface area contributed by atoms with Crippen LogP contribution in [0.15, 0.2) is 23.2 Å². The van der Waals surface area contributed by atoms with Crippen molar-refractivity contribution < 1.29 is 13.2 Å². The van der Waals surface area contributed by atoms with Crippen molar-refractivity contribution in [2.24, 2.45) is 5.84 Å². The Labute approximate surface area is 105 Å². The van der Waals surface area contributed by atoms with Crippen LogP contribution in [0.25, 0.3) is 0 Å². The number of nitrogens with two attached hydrogens (primary N) is 1. The van der Waals surface area contributed by atoms with Crippen LogP contribution in [0.3, 0.4) is 0 Å². The topological polar surface area (TPSA) is 110 Å². The highest BCUT2D eigenvalue weighted by Crippen LogP contribution is 2.16. The van der Waals surface area contributed by atoms with E-state index in [1.807, 2.05) is 0 Å². The maximum atomic E-state index is 12.2. The minimum absolute atomic E-state index is 0.0130. The molecule has 100 valence electrons. The second kappa shape index (κ2) is 5.59. The Kier molecular flexibility index (Phi) is 4.09. The molecule has 0 amide bonds. The van der Waals surface area contributed by atoms with Gasteiger partial charge < -0.3 is 10.2 Å². The molecule has 0 unspecified atom stereocenters. The third-order valence-corrected chi connectivity index (χ3v) is 3.86. The first-order valence-corrected chi connectivity index (χ1v) is 6.88. The number of hydrogen-bond donors (Lipinski definition) is 3. The molecule has 1 aliphatic heterocycles. The number of nitrogens with zero attached hydrogens (tertiary/aromatic N) is 2. The minimum atomic E-state index is -3.69. The van der Waals surface area contributed by atoms with Crippen LogP contribution < -0.4 is 16.1 Å². The van der Waals surface area contributed by atoms with Crippen molar-refractivity contribution >= 4 is 15.8 Å². The largest absolute Gasteiger partial charge is 0.379 e. The molecule has 2 rings (SSSR count). The van der Waals surface area contributed by atoms with Crippen LogP contribution in [0.4, 0.5) is 5.82 Å². The average molecular weight is 273 g/mol. The van der Waals surface area contributed by atoms with Crippen LogP contribution in [0.2, 0.25) is 0 Å². The van der Waals surface area contributed by atoms with E-state index in [4.69, 9.17) is 10.6 Å². The summed E-state index contributed by atoms with van der Waals surface area (Å²) in [7, 11) is -3.69. The molecular formula is C9H15N5O3S. The van der Waals surface area contributed by atoms with Crippen molar-refractivity contribution in [3.8, 4) is 0 Å². The van der Waals surface area contributed by atoms with Gasteiger partial charge >= 0.3 is 0 Å². The van der Waals surface area contributed by atoms with Gasteiger partial charge in [-0.2, -0.15) is 0 Å². The number of ether oxygens (including phenoxy) is 1. The molecule has 4 N–H and O–H groups in total. The Morgan fingerprint density at radius 3 is 2.78 bits per heavy atom. The summed E-state index contributed by atoms with van der Waals surface area (Å²) < 4.78 is 29.4. The number of aromatic nitrogens is 1. The normalized spacial score (nSPS) is 17.6. The summed E-state index contributed by atoms with van der Waals surface area (Å²) in [5, 5.41) is 1.59. The van der Waals surface area contributed by atoms with Gasteiger partial charge in [-0.25, -0.2) is 24.3 Å². The van der Waals surface area contributed by atoms with Crippen molar-refractivity contribution in [2.45, 2.75) is 4.90 Å². The first kappa shape index (κ1) is 13.2. The number of morpholine rings is 1. The van der Waals surface area contributed by atoms with E-state index in [0.717, 1.165) is 0 Å². The lowest BCUT2D eigenvalue weighted by atomic mass is 10.5. The zero-order valence-electron chi connectivity index (χ0n) is 9.67. The van der Waals surface area contributed by atoms with Gasteiger partial charge in [-0.05, 0) is 12.1 Å². The van der Waals surface area contributed by atoms with E-state index in [1.165, 1.54) is 18.3 Å². The fourth-order valence-corrected chi connectivity index (χ4v) is 2.83. The first-order chi connectivity index (χ1) is 8.63. The predicted molar refractivity (Wildman–Crippen MR) is 64.8 cm³/mol. The molecule has 0 radical (unpaired) electrons. The Hall–Kier alpha value is -1.26. The Bertz CT molecular complexity index is 501. The number of nitrogens with one attached hydrogen (secondary N) is 2. The van der Waals surface area contributed by atoms with E-state index < -0.39 is 10.0 Å². The van der Waals surface area contributed by atoms with Gasteiger partial charge in [0.2, 0.25) is 0 Å². The van der Waals surface area contributed by atoms with Crippen LogP contribution in [0.1, 0.15) is 0 Å². The highest BCUT2D eigenvalue weighted by atomic mass is 32.2. The summed E-state index contributed by atoms with van der Waals surface area (Å²) in [4.78, 5) is 6.35. The van der Waals surface area contributed by atoms with Crippen molar-refractivity contribution in [2.75, 3.05) is 31.7 Å². The maximum Gasteiger partial charge on any atom is 0.257 e. The van der Waals surface area contributed by atoms with E-state index >= 15 is 0 Å². The second-order valence-corrected chi connectivity index (χ2v) is 5.32. The lowest BCUT2D eigenvalue weighted by Gasteiger charge is -2.26. The first-order valence-electron chi connectivity index (χ1n) is 5.40. The molecular weight excluding hydrogens is 258 g/mol. The van der Waals surface area contributed by atoms with E-state index in [0.29, 0.717) is 26.3 Å². The summed E-state index contributed by atoms with van der Waals surface area (Å²) in [6, 6.07) is 2.97. The van der Waals surface area contributed by atoms with E-state index in [2.05, 4.69) is 15.2 Å². The Balaban J connectivity index is 2.19. The van der Waals surface area contributed by atoms with E-state index in [-0.39, 0.29) is 10.7 Å². The number of nitrogen functional groups attached to an aromatic ring is 1. The van der Waals surface area contributed by atoms with Gasteiger partial charge in [-0.3, -0.25) is 0 Å². The molecule has 8 nitrogen and oxygen atoms in total. The van der Waals surface area contributed by atoms with Crippen molar-refractivity contribution in [1.29, 1.82) is 0 Å².